The number of rotatable bonds is 7. The summed E-state index contributed by atoms with van der Waals surface area (Å²) in [5.74, 6) is 1.87. The molecule has 45 heavy (non-hydrogen) atoms. The first-order chi connectivity index (χ1) is 21.6. The second kappa shape index (κ2) is 14.5. The number of hydrogen-bond acceptors (Lipinski definition) is 9. The first-order valence-electron chi connectivity index (χ1n) is 15.1. The lowest BCUT2D eigenvalue weighted by Gasteiger charge is -2.26. The first-order valence-corrected chi connectivity index (χ1v) is 15.9. The van der Waals surface area contributed by atoms with E-state index in [9.17, 15) is 18.3 Å². The van der Waals surface area contributed by atoms with Gasteiger partial charge in [-0.2, -0.15) is 13.2 Å². The summed E-state index contributed by atoms with van der Waals surface area (Å²) in [4.78, 5) is 16.7. The number of pyridine rings is 1. The summed E-state index contributed by atoms with van der Waals surface area (Å²) in [7, 11) is 0. The highest BCUT2D eigenvalue weighted by Gasteiger charge is 2.48. The van der Waals surface area contributed by atoms with E-state index in [0.717, 1.165) is 81.0 Å². The molecule has 9 nitrogen and oxygen atoms in total. The van der Waals surface area contributed by atoms with Crippen LogP contribution in [0.4, 0.5) is 24.8 Å². The summed E-state index contributed by atoms with van der Waals surface area (Å²) < 4.78 is 50.3. The number of alkyl halides is 3. The second-order valence-electron chi connectivity index (χ2n) is 11.6. The van der Waals surface area contributed by atoms with Crippen molar-refractivity contribution in [2.45, 2.75) is 63.6 Å². The van der Waals surface area contributed by atoms with Crippen molar-refractivity contribution in [3.8, 4) is 23.0 Å². The Bertz CT molecular complexity index is 1560. The van der Waals surface area contributed by atoms with E-state index in [1.54, 1.807) is 12.4 Å². The van der Waals surface area contributed by atoms with Crippen LogP contribution in [0.25, 0.3) is 17.1 Å². The largest absolute Gasteiger partial charge is 0.476 e. The van der Waals surface area contributed by atoms with Crippen molar-refractivity contribution >= 4 is 23.6 Å². The van der Waals surface area contributed by atoms with Gasteiger partial charge in [-0.05, 0) is 57.2 Å². The van der Waals surface area contributed by atoms with E-state index < -0.39 is 18.2 Å². The van der Waals surface area contributed by atoms with Gasteiger partial charge < -0.3 is 19.5 Å². The summed E-state index contributed by atoms with van der Waals surface area (Å²) in [6.45, 7) is 3.35. The third-order valence-corrected chi connectivity index (χ3v) is 8.41. The molecule has 0 spiro atoms. The molecule has 1 aliphatic rings. The van der Waals surface area contributed by atoms with Crippen LogP contribution in [0.1, 0.15) is 51.5 Å². The average molecular weight is 642 g/mol. The quantitative estimate of drug-likeness (QED) is 0.204. The smallest absolute Gasteiger partial charge is 0.397 e. The lowest BCUT2D eigenvalue weighted by Crippen LogP contribution is -2.37. The Kier molecular flexibility index (Phi) is 10.5. The van der Waals surface area contributed by atoms with Gasteiger partial charge in [0.15, 0.2) is 11.6 Å². The molecule has 4 bridgehead atoms. The van der Waals surface area contributed by atoms with Crippen LogP contribution in [0.15, 0.2) is 66.0 Å². The first kappa shape index (κ1) is 32.6. The predicted molar refractivity (Wildman–Crippen MR) is 170 cm³/mol. The SMILES string of the molecule is CC(C)(COc1ccn(-c2ncc3nc2-c2ccccc2CCCCCCN(CCCO)c2cccc(n2)SN3)n1)C(F)(F)F. The zero-order valence-electron chi connectivity index (χ0n) is 25.4. The Hall–Kier alpha value is -3.84. The van der Waals surface area contributed by atoms with Crippen LogP contribution in [0.3, 0.4) is 0 Å². The van der Waals surface area contributed by atoms with Crippen molar-refractivity contribution in [1.82, 2.24) is 24.7 Å². The molecule has 0 aliphatic carbocycles. The van der Waals surface area contributed by atoms with Crippen LogP contribution in [0.2, 0.25) is 0 Å². The van der Waals surface area contributed by atoms with Crippen LogP contribution in [0, 0.1) is 5.41 Å². The van der Waals surface area contributed by atoms with Gasteiger partial charge in [0.05, 0.1) is 11.6 Å². The van der Waals surface area contributed by atoms with Gasteiger partial charge in [0, 0.05) is 49.5 Å². The molecule has 1 aliphatic heterocycles. The van der Waals surface area contributed by atoms with Gasteiger partial charge in [0.1, 0.15) is 23.1 Å². The standard InChI is InChI=1S/C32H38F3N7O2S/c1-31(2,32(33,34)35)22-44-27-16-19-42(39-27)30-29-24-13-7-6-12-23(24)11-5-3-4-8-17-41(18-10-20-43)26-14-9-15-28(38-26)45-40-25(37-29)21-36-30/h6-7,9,12-16,19,21,43H,3-5,8,10-11,17-18,20,22H2,1-2H3,(H,37,40). The molecule has 0 atom stereocenters. The third-order valence-electron chi connectivity index (χ3n) is 7.66. The molecule has 4 aromatic rings. The zero-order valence-corrected chi connectivity index (χ0v) is 26.2. The zero-order chi connectivity index (χ0) is 31.9. The lowest BCUT2D eigenvalue weighted by atomic mass is 9.94. The maximum absolute atomic E-state index is 13.4. The molecule has 0 amide bonds. The van der Waals surface area contributed by atoms with Gasteiger partial charge in [-0.1, -0.05) is 43.2 Å². The second-order valence-corrected chi connectivity index (χ2v) is 12.4. The van der Waals surface area contributed by atoms with E-state index >= 15 is 0 Å². The number of nitrogens with zero attached hydrogens (tertiary/aromatic N) is 6. The molecule has 0 saturated heterocycles. The fraction of sp³-hybridized carbons (Fsp3) is 0.438. The van der Waals surface area contributed by atoms with Crippen molar-refractivity contribution in [2.75, 3.05) is 35.9 Å². The fourth-order valence-electron chi connectivity index (χ4n) is 4.90. The normalized spacial score (nSPS) is 14.8. The van der Waals surface area contributed by atoms with E-state index in [2.05, 4.69) is 20.8 Å². The number of aryl methyl sites for hydroxylation is 1. The minimum absolute atomic E-state index is 0.0654. The van der Waals surface area contributed by atoms with Gasteiger partial charge in [0.25, 0.3) is 0 Å². The molecule has 240 valence electrons. The Morgan fingerprint density at radius 1 is 1.00 bits per heavy atom. The number of aliphatic hydroxyl groups is 1. The number of benzene rings is 1. The number of anilines is 2. The molecular weight excluding hydrogens is 603 g/mol. The van der Waals surface area contributed by atoms with E-state index in [0.29, 0.717) is 23.8 Å². The summed E-state index contributed by atoms with van der Waals surface area (Å²) in [6, 6.07) is 15.5. The minimum atomic E-state index is -4.41. The summed E-state index contributed by atoms with van der Waals surface area (Å²) in [5, 5.41) is 14.6. The van der Waals surface area contributed by atoms with Crippen molar-refractivity contribution in [2.24, 2.45) is 5.41 Å². The van der Waals surface area contributed by atoms with E-state index in [1.807, 2.05) is 36.4 Å². The molecule has 0 saturated carbocycles. The fourth-order valence-corrected chi connectivity index (χ4v) is 5.50. The Labute approximate surface area is 265 Å². The van der Waals surface area contributed by atoms with E-state index in [-0.39, 0.29) is 12.5 Å². The number of halogens is 3. The Morgan fingerprint density at radius 2 is 1.82 bits per heavy atom. The molecule has 4 heterocycles. The molecule has 5 rings (SSSR count). The number of aliphatic hydroxyl groups excluding tert-OH is 1. The molecule has 0 radical (unpaired) electrons. The van der Waals surface area contributed by atoms with Gasteiger partial charge in [-0.3, -0.25) is 0 Å². The van der Waals surface area contributed by atoms with Crippen LogP contribution in [-0.2, 0) is 6.42 Å². The van der Waals surface area contributed by atoms with Crippen LogP contribution in [-0.4, -0.2) is 62.3 Å². The highest BCUT2D eigenvalue weighted by Crippen LogP contribution is 2.38. The monoisotopic (exact) mass is 641 g/mol. The van der Waals surface area contributed by atoms with Crippen LogP contribution in [0.5, 0.6) is 5.88 Å². The third kappa shape index (κ3) is 8.26. The number of ether oxygens (including phenoxy) is 1. The lowest BCUT2D eigenvalue weighted by molar-refractivity contribution is -0.219. The van der Waals surface area contributed by atoms with Crippen LogP contribution >= 0.6 is 11.9 Å². The van der Waals surface area contributed by atoms with Gasteiger partial charge in [0.2, 0.25) is 5.88 Å². The number of fused-ring (bicyclic) bond motifs is 6. The average Bonchev–Trinajstić information content (AvgIpc) is 3.50. The number of hydrogen-bond donors (Lipinski definition) is 2. The molecular formula is C32H38F3N7O2S. The van der Waals surface area contributed by atoms with Crippen molar-refractivity contribution in [3.63, 3.8) is 0 Å². The van der Waals surface area contributed by atoms with Crippen molar-refractivity contribution < 1.29 is 23.0 Å². The summed E-state index contributed by atoms with van der Waals surface area (Å²) in [6.07, 6.45) is 4.45. The topological polar surface area (TPSA) is 101 Å². The van der Waals surface area contributed by atoms with Crippen LogP contribution < -0.4 is 14.4 Å². The summed E-state index contributed by atoms with van der Waals surface area (Å²) in [5.41, 5.74) is 0.583. The van der Waals surface area contributed by atoms with Gasteiger partial charge >= 0.3 is 6.18 Å². The Morgan fingerprint density at radius 3 is 2.64 bits per heavy atom. The molecule has 13 heteroatoms. The molecule has 0 fully saturated rings. The van der Waals surface area contributed by atoms with Gasteiger partial charge in [-0.15, -0.1) is 5.10 Å². The Balaban J connectivity index is 1.47. The van der Waals surface area contributed by atoms with E-state index in [1.165, 1.54) is 22.7 Å². The van der Waals surface area contributed by atoms with Crippen molar-refractivity contribution in [3.05, 3.63) is 66.5 Å². The van der Waals surface area contributed by atoms with Crippen molar-refractivity contribution in [1.29, 1.82) is 0 Å². The molecule has 3 aromatic heterocycles. The highest BCUT2D eigenvalue weighted by molar-refractivity contribution is 8.00. The molecule has 2 N–H and O–H groups in total. The van der Waals surface area contributed by atoms with E-state index in [4.69, 9.17) is 19.7 Å². The maximum Gasteiger partial charge on any atom is 0.397 e. The minimum Gasteiger partial charge on any atom is -0.476 e. The summed E-state index contributed by atoms with van der Waals surface area (Å²) >= 11 is 1.32. The number of nitrogens with one attached hydrogen (secondary N) is 1. The number of aromatic nitrogens is 5. The molecule has 1 aromatic carbocycles. The highest BCUT2D eigenvalue weighted by atomic mass is 32.2. The molecule has 0 unspecified atom stereocenters. The maximum atomic E-state index is 13.4. The predicted octanol–water partition coefficient (Wildman–Crippen LogP) is 7.12. The van der Waals surface area contributed by atoms with Gasteiger partial charge in [-0.25, -0.2) is 19.6 Å².